The fourth-order valence-corrected chi connectivity index (χ4v) is 2.12. The topological polar surface area (TPSA) is 84.7 Å². The molecule has 0 spiro atoms. The number of benzene rings is 2. The number of aromatic amines is 1. The number of aromatic nitrogens is 3. The van der Waals surface area contributed by atoms with E-state index in [0.717, 1.165) is 12.1 Å². The van der Waals surface area contributed by atoms with Crippen molar-refractivity contribution >= 4 is 5.69 Å². The van der Waals surface area contributed by atoms with E-state index in [0.29, 0.717) is 5.56 Å². The lowest BCUT2D eigenvalue weighted by atomic mass is 10.1. The Morgan fingerprint density at radius 1 is 1.04 bits per heavy atom. The second-order valence-electron chi connectivity index (χ2n) is 4.89. The van der Waals surface area contributed by atoms with Crippen molar-refractivity contribution in [2.75, 3.05) is 0 Å². The van der Waals surface area contributed by atoms with E-state index < -0.39 is 16.7 Å². The number of nitrogens with zero attached hydrogens (tertiary/aromatic N) is 3. The molecule has 6 nitrogen and oxygen atoms in total. The van der Waals surface area contributed by atoms with Gasteiger partial charge in [0.1, 0.15) is 0 Å². The van der Waals surface area contributed by atoms with Gasteiger partial charge in [0.05, 0.1) is 10.5 Å². The summed E-state index contributed by atoms with van der Waals surface area (Å²) in [6.07, 6.45) is -4.46. The van der Waals surface area contributed by atoms with Crippen LogP contribution >= 0.6 is 0 Å². The van der Waals surface area contributed by atoms with Crippen LogP contribution in [0.25, 0.3) is 22.8 Å². The second-order valence-corrected chi connectivity index (χ2v) is 4.89. The Morgan fingerprint density at radius 3 is 2.46 bits per heavy atom. The maximum Gasteiger partial charge on any atom is 0.416 e. The zero-order chi connectivity index (χ0) is 17.3. The summed E-state index contributed by atoms with van der Waals surface area (Å²) in [6, 6.07) is 10.3. The van der Waals surface area contributed by atoms with Crippen LogP contribution in [0.2, 0.25) is 0 Å². The predicted molar refractivity (Wildman–Crippen MR) is 78.9 cm³/mol. The molecule has 0 unspecified atom stereocenters. The van der Waals surface area contributed by atoms with Gasteiger partial charge in [-0.3, -0.25) is 15.2 Å². The zero-order valence-corrected chi connectivity index (χ0v) is 11.9. The molecule has 0 aliphatic rings. The average Bonchev–Trinajstić information content (AvgIpc) is 3.04. The SMILES string of the molecule is O=[N+]([O-])c1cccc(-c2n[nH]c(-c3cccc(C(F)(F)F)c3)n2)c1. The van der Waals surface area contributed by atoms with Crippen molar-refractivity contribution in [3.63, 3.8) is 0 Å². The van der Waals surface area contributed by atoms with Gasteiger partial charge in [-0.05, 0) is 12.1 Å². The summed E-state index contributed by atoms with van der Waals surface area (Å²) in [5.41, 5.74) is -0.320. The van der Waals surface area contributed by atoms with Crippen LogP contribution in [-0.2, 0) is 6.18 Å². The van der Waals surface area contributed by atoms with Gasteiger partial charge < -0.3 is 0 Å². The standard InChI is InChI=1S/C15H9F3N4O2/c16-15(17,18)11-5-1-3-9(7-11)13-19-14(21-20-13)10-4-2-6-12(8-10)22(23)24/h1-8H,(H,19,20,21). The van der Waals surface area contributed by atoms with Crippen LogP contribution in [0.4, 0.5) is 18.9 Å². The maximum atomic E-state index is 12.8. The van der Waals surface area contributed by atoms with Crippen LogP contribution in [0.5, 0.6) is 0 Å². The van der Waals surface area contributed by atoms with Crippen molar-refractivity contribution in [1.29, 1.82) is 0 Å². The highest BCUT2D eigenvalue weighted by molar-refractivity contribution is 5.63. The second kappa shape index (κ2) is 5.76. The van der Waals surface area contributed by atoms with E-state index in [1.165, 1.54) is 30.3 Å². The summed E-state index contributed by atoms with van der Waals surface area (Å²) in [5.74, 6) is 0.300. The maximum absolute atomic E-state index is 12.8. The third-order valence-electron chi connectivity index (χ3n) is 3.26. The summed E-state index contributed by atoms with van der Waals surface area (Å²) >= 11 is 0. The first-order valence-corrected chi connectivity index (χ1v) is 6.69. The number of nitro groups is 1. The molecule has 122 valence electrons. The van der Waals surface area contributed by atoms with E-state index in [1.807, 2.05) is 0 Å². The Labute approximate surface area is 133 Å². The lowest BCUT2D eigenvalue weighted by Gasteiger charge is -2.06. The van der Waals surface area contributed by atoms with E-state index in [2.05, 4.69) is 15.2 Å². The minimum Gasteiger partial charge on any atom is -0.259 e. The highest BCUT2D eigenvalue weighted by Gasteiger charge is 2.30. The van der Waals surface area contributed by atoms with Crippen molar-refractivity contribution < 1.29 is 18.1 Å². The molecule has 3 aromatic rings. The molecular weight excluding hydrogens is 325 g/mol. The van der Waals surface area contributed by atoms with Crippen LogP contribution in [0.1, 0.15) is 5.56 Å². The molecule has 1 aromatic heterocycles. The van der Waals surface area contributed by atoms with E-state index in [9.17, 15) is 23.3 Å². The van der Waals surface area contributed by atoms with Gasteiger partial charge in [-0.1, -0.05) is 24.3 Å². The van der Waals surface area contributed by atoms with Gasteiger partial charge in [0.25, 0.3) is 5.69 Å². The highest BCUT2D eigenvalue weighted by atomic mass is 19.4. The largest absolute Gasteiger partial charge is 0.416 e. The molecule has 1 N–H and O–H groups in total. The summed E-state index contributed by atoms with van der Waals surface area (Å²) in [6.45, 7) is 0. The number of non-ortho nitro benzene ring substituents is 1. The number of rotatable bonds is 3. The van der Waals surface area contributed by atoms with Gasteiger partial charge in [0, 0.05) is 23.3 Å². The Bertz CT molecular complexity index is 905. The fourth-order valence-electron chi connectivity index (χ4n) is 2.12. The molecule has 1 heterocycles. The van der Waals surface area contributed by atoms with Gasteiger partial charge in [-0.2, -0.15) is 18.3 Å². The Hall–Kier alpha value is -3.23. The smallest absolute Gasteiger partial charge is 0.259 e. The minimum atomic E-state index is -4.46. The van der Waals surface area contributed by atoms with Crippen LogP contribution in [0.15, 0.2) is 48.5 Å². The Kier molecular flexibility index (Phi) is 3.76. The molecule has 3 rings (SSSR count). The molecule has 0 amide bonds. The molecular formula is C15H9F3N4O2. The minimum absolute atomic E-state index is 0.127. The zero-order valence-electron chi connectivity index (χ0n) is 11.9. The number of hydrogen-bond acceptors (Lipinski definition) is 4. The first-order chi connectivity index (χ1) is 11.3. The lowest BCUT2D eigenvalue weighted by molar-refractivity contribution is -0.384. The molecule has 0 aliphatic carbocycles. The molecule has 0 bridgehead atoms. The van der Waals surface area contributed by atoms with E-state index in [1.54, 1.807) is 6.07 Å². The van der Waals surface area contributed by atoms with E-state index >= 15 is 0 Å². The van der Waals surface area contributed by atoms with Crippen LogP contribution in [0, 0.1) is 10.1 Å². The summed E-state index contributed by atoms with van der Waals surface area (Å²) < 4.78 is 38.3. The monoisotopic (exact) mass is 334 g/mol. The normalized spacial score (nSPS) is 11.5. The molecule has 24 heavy (non-hydrogen) atoms. The van der Waals surface area contributed by atoms with Gasteiger partial charge >= 0.3 is 6.18 Å². The van der Waals surface area contributed by atoms with Crippen LogP contribution < -0.4 is 0 Å². The molecule has 0 atom stereocenters. The number of hydrogen-bond donors (Lipinski definition) is 1. The third kappa shape index (κ3) is 3.09. The first-order valence-electron chi connectivity index (χ1n) is 6.69. The van der Waals surface area contributed by atoms with E-state index in [4.69, 9.17) is 0 Å². The van der Waals surface area contributed by atoms with Crippen molar-refractivity contribution in [3.8, 4) is 22.8 Å². The number of nitrogens with one attached hydrogen (secondary N) is 1. The number of alkyl halides is 3. The quantitative estimate of drug-likeness (QED) is 0.578. The van der Waals surface area contributed by atoms with Gasteiger partial charge in [0.15, 0.2) is 11.6 Å². The molecule has 9 heteroatoms. The molecule has 0 radical (unpaired) electrons. The Morgan fingerprint density at radius 2 is 1.75 bits per heavy atom. The van der Waals surface area contributed by atoms with E-state index in [-0.39, 0.29) is 22.9 Å². The average molecular weight is 334 g/mol. The molecule has 2 aromatic carbocycles. The van der Waals surface area contributed by atoms with Crippen molar-refractivity contribution in [1.82, 2.24) is 15.2 Å². The third-order valence-corrected chi connectivity index (χ3v) is 3.26. The van der Waals surface area contributed by atoms with Gasteiger partial charge in [0.2, 0.25) is 0 Å². The van der Waals surface area contributed by atoms with Crippen LogP contribution in [0.3, 0.4) is 0 Å². The first kappa shape index (κ1) is 15.7. The van der Waals surface area contributed by atoms with Crippen molar-refractivity contribution in [2.45, 2.75) is 6.18 Å². The highest BCUT2D eigenvalue weighted by Crippen LogP contribution is 2.31. The number of H-pyrrole nitrogens is 1. The number of halogens is 3. The number of nitro benzene ring substituents is 1. The molecule has 0 fully saturated rings. The van der Waals surface area contributed by atoms with Crippen molar-refractivity contribution in [3.05, 3.63) is 64.2 Å². The molecule has 0 saturated carbocycles. The predicted octanol–water partition coefficient (Wildman–Crippen LogP) is 4.07. The summed E-state index contributed by atoms with van der Waals surface area (Å²) in [4.78, 5) is 14.4. The van der Waals surface area contributed by atoms with Crippen molar-refractivity contribution in [2.24, 2.45) is 0 Å². The lowest BCUT2D eigenvalue weighted by Crippen LogP contribution is -2.04. The van der Waals surface area contributed by atoms with Gasteiger partial charge in [-0.15, -0.1) is 0 Å². The summed E-state index contributed by atoms with van der Waals surface area (Å²) in [7, 11) is 0. The molecule has 0 saturated heterocycles. The Balaban J connectivity index is 1.97. The van der Waals surface area contributed by atoms with Crippen LogP contribution in [-0.4, -0.2) is 20.1 Å². The fraction of sp³-hybridized carbons (Fsp3) is 0.0667. The summed E-state index contributed by atoms with van der Waals surface area (Å²) in [5, 5.41) is 17.3. The molecule has 0 aliphatic heterocycles. The van der Waals surface area contributed by atoms with Gasteiger partial charge in [-0.25, -0.2) is 4.98 Å².